The highest BCUT2D eigenvalue weighted by Gasteiger charge is 2.30. The van der Waals surface area contributed by atoms with Gasteiger partial charge in [-0.3, -0.25) is 9.79 Å². The molecule has 230 valence electrons. The van der Waals surface area contributed by atoms with Crippen LogP contribution < -0.4 is 0 Å². The molecular weight excluding hydrogens is 587 g/mol. The molecule has 0 aliphatic rings. The molecule has 0 fully saturated rings. The van der Waals surface area contributed by atoms with Crippen LogP contribution in [0.25, 0.3) is 11.1 Å². The van der Waals surface area contributed by atoms with Crippen LogP contribution in [0.5, 0.6) is 0 Å². The molecule has 0 saturated carbocycles. The van der Waals surface area contributed by atoms with Gasteiger partial charge in [-0.25, -0.2) is 8.78 Å². The Morgan fingerprint density at radius 2 is 1.71 bits per heavy atom. The minimum atomic E-state index is -4.54. The summed E-state index contributed by atoms with van der Waals surface area (Å²) >= 11 is 0. The van der Waals surface area contributed by atoms with E-state index >= 15 is 0 Å². The van der Waals surface area contributed by atoms with Crippen LogP contribution in [0.4, 0.5) is 22.0 Å². The summed E-state index contributed by atoms with van der Waals surface area (Å²) in [6, 6.07) is 21.6. The van der Waals surface area contributed by atoms with E-state index in [1.165, 1.54) is 42.4 Å². The third-order valence-electron chi connectivity index (χ3n) is 7.23. The quantitative estimate of drug-likeness (QED) is 0.108. The number of rotatable bonds is 9. The number of aryl methyl sites for hydroxylation is 1. The third-order valence-corrected chi connectivity index (χ3v) is 7.23. The minimum absolute atomic E-state index is 0.0580. The summed E-state index contributed by atoms with van der Waals surface area (Å²) in [7, 11) is 1.53. The van der Waals surface area contributed by atoms with Crippen LogP contribution in [0.15, 0.2) is 103 Å². The second kappa shape index (κ2) is 14.0. The van der Waals surface area contributed by atoms with Crippen LogP contribution in [-0.2, 0) is 19.3 Å². The zero-order chi connectivity index (χ0) is 32.7. The van der Waals surface area contributed by atoms with Crippen LogP contribution in [0.1, 0.15) is 38.2 Å². The lowest BCUT2D eigenvalue weighted by Gasteiger charge is -2.29. The average molecular weight is 617 g/mol. The number of benzene rings is 4. The molecule has 45 heavy (non-hydrogen) atoms. The molecule has 0 saturated heterocycles. The van der Waals surface area contributed by atoms with E-state index in [0.717, 1.165) is 29.8 Å². The molecule has 0 aromatic heterocycles. The van der Waals surface area contributed by atoms with E-state index in [2.05, 4.69) is 17.6 Å². The Labute approximate surface area is 258 Å². The van der Waals surface area contributed by atoms with Crippen LogP contribution in [0, 0.1) is 29.9 Å². The van der Waals surface area contributed by atoms with Crippen LogP contribution in [0.3, 0.4) is 0 Å². The average Bonchev–Trinajstić information content (AvgIpc) is 3.03. The molecule has 4 aromatic rings. The summed E-state index contributed by atoms with van der Waals surface area (Å²) in [6.07, 6.45) is -3.02. The van der Waals surface area contributed by atoms with Gasteiger partial charge in [-0.2, -0.15) is 18.4 Å². The van der Waals surface area contributed by atoms with Crippen molar-refractivity contribution in [1.82, 2.24) is 9.80 Å². The Kier molecular flexibility index (Phi) is 10.1. The third kappa shape index (κ3) is 8.00. The molecule has 4 rings (SSSR count). The molecule has 0 N–H and O–H groups in total. The summed E-state index contributed by atoms with van der Waals surface area (Å²) in [5.74, 6) is -1.75. The van der Waals surface area contributed by atoms with Gasteiger partial charge in [-0.05, 0) is 77.8 Å². The number of carbonyl (C=O) groups excluding carboxylic acids is 1. The molecule has 1 amide bonds. The number of nitrogens with zero attached hydrogens (tertiary/aromatic N) is 4. The molecule has 0 radical (unpaired) electrons. The second-order valence-corrected chi connectivity index (χ2v) is 10.3. The van der Waals surface area contributed by atoms with Crippen molar-refractivity contribution in [3.8, 4) is 17.2 Å². The van der Waals surface area contributed by atoms with Gasteiger partial charge in [-0.15, -0.1) is 0 Å². The number of amidine groups is 1. The first-order chi connectivity index (χ1) is 21.4. The van der Waals surface area contributed by atoms with Crippen molar-refractivity contribution in [1.29, 1.82) is 5.26 Å². The summed E-state index contributed by atoms with van der Waals surface area (Å²) in [5, 5.41) is 9.10. The molecule has 0 atom stereocenters. The Morgan fingerprint density at radius 1 is 0.978 bits per heavy atom. The molecule has 0 aliphatic carbocycles. The first kappa shape index (κ1) is 32.6. The molecular formula is C35H29F5N4O. The maximum absolute atomic E-state index is 14.8. The first-order valence-corrected chi connectivity index (χ1v) is 13.8. The Hall–Kier alpha value is -5.30. The standard InChI is InChI=1S/C35H29F5N4O/c1-4-43(20-25-11-9-24(19-41)10-12-25)33(42-3)22-44(21-28-14-15-30(36)18-32(28)37)34(45)27-13-8-23(2)31(17-27)26-6-5-7-29(16-26)35(38,39)40/h4-18H,1,20-22H2,2-3H3. The van der Waals surface area contributed by atoms with Crippen molar-refractivity contribution in [2.45, 2.75) is 26.2 Å². The molecule has 5 nitrogen and oxygen atoms in total. The Morgan fingerprint density at radius 3 is 2.33 bits per heavy atom. The van der Waals surface area contributed by atoms with Crippen molar-refractivity contribution >= 4 is 11.7 Å². The molecule has 0 aliphatic heterocycles. The highest BCUT2D eigenvalue weighted by Crippen LogP contribution is 2.33. The van der Waals surface area contributed by atoms with Gasteiger partial charge in [0.25, 0.3) is 5.91 Å². The number of carbonyl (C=O) groups is 1. The predicted molar refractivity (Wildman–Crippen MR) is 163 cm³/mol. The largest absolute Gasteiger partial charge is 0.416 e. The van der Waals surface area contributed by atoms with E-state index in [0.29, 0.717) is 29.1 Å². The number of alkyl halides is 3. The van der Waals surface area contributed by atoms with Crippen molar-refractivity contribution in [3.05, 3.63) is 143 Å². The Balaban J connectivity index is 1.70. The molecule has 0 unspecified atom stereocenters. The monoisotopic (exact) mass is 616 g/mol. The van der Waals surface area contributed by atoms with Crippen molar-refractivity contribution < 1.29 is 26.7 Å². The number of hydrogen-bond acceptors (Lipinski definition) is 3. The van der Waals surface area contributed by atoms with Crippen LogP contribution in [-0.4, -0.2) is 35.1 Å². The Bertz CT molecular complexity index is 1770. The minimum Gasteiger partial charge on any atom is -0.331 e. The van der Waals surface area contributed by atoms with Gasteiger partial charge in [0.05, 0.1) is 23.7 Å². The lowest BCUT2D eigenvalue weighted by molar-refractivity contribution is -0.137. The highest BCUT2D eigenvalue weighted by atomic mass is 19.4. The van der Waals surface area contributed by atoms with Crippen LogP contribution in [0.2, 0.25) is 0 Å². The van der Waals surface area contributed by atoms with E-state index in [9.17, 15) is 26.7 Å². The SMILES string of the molecule is C=CN(Cc1ccc(C#N)cc1)C(CN(Cc1ccc(F)cc1F)C(=O)c1ccc(C)c(-c2cccc(C(F)(F)F)c2)c1)=NC. The second-order valence-electron chi connectivity index (χ2n) is 10.3. The summed E-state index contributed by atoms with van der Waals surface area (Å²) in [6.45, 7) is 5.53. The van der Waals surface area contributed by atoms with E-state index in [1.807, 2.05) is 0 Å². The number of hydrogen-bond donors (Lipinski definition) is 0. The van der Waals surface area contributed by atoms with Crippen LogP contribution >= 0.6 is 0 Å². The maximum atomic E-state index is 14.8. The molecule has 10 heteroatoms. The fourth-order valence-electron chi connectivity index (χ4n) is 4.77. The normalized spacial score (nSPS) is 11.6. The zero-order valence-corrected chi connectivity index (χ0v) is 24.6. The topological polar surface area (TPSA) is 59.7 Å². The first-order valence-electron chi connectivity index (χ1n) is 13.8. The number of halogens is 5. The fourth-order valence-corrected chi connectivity index (χ4v) is 4.77. The van der Waals surface area contributed by atoms with Gasteiger partial charge >= 0.3 is 6.18 Å². The lowest BCUT2D eigenvalue weighted by atomic mass is 9.96. The predicted octanol–water partition coefficient (Wildman–Crippen LogP) is 8.15. The van der Waals surface area contributed by atoms with Crippen molar-refractivity contribution in [2.24, 2.45) is 4.99 Å². The van der Waals surface area contributed by atoms with E-state index < -0.39 is 29.3 Å². The van der Waals surface area contributed by atoms with E-state index in [-0.39, 0.29) is 29.8 Å². The fraction of sp³-hybridized carbons (Fsp3) is 0.171. The molecule has 4 aromatic carbocycles. The highest BCUT2D eigenvalue weighted by molar-refractivity contribution is 5.98. The van der Waals surface area contributed by atoms with E-state index in [4.69, 9.17) is 5.26 Å². The smallest absolute Gasteiger partial charge is 0.331 e. The van der Waals surface area contributed by atoms with Gasteiger partial charge in [0.15, 0.2) is 0 Å². The number of aliphatic imine (C=N–C) groups is 1. The van der Waals surface area contributed by atoms with Gasteiger partial charge in [0.2, 0.25) is 0 Å². The van der Waals surface area contributed by atoms with Gasteiger partial charge < -0.3 is 9.80 Å². The van der Waals surface area contributed by atoms with E-state index in [1.54, 1.807) is 48.2 Å². The van der Waals surface area contributed by atoms with Gasteiger partial charge in [0.1, 0.15) is 17.5 Å². The summed E-state index contributed by atoms with van der Waals surface area (Å²) in [4.78, 5) is 21.4. The molecule has 0 bridgehead atoms. The number of nitriles is 1. The lowest BCUT2D eigenvalue weighted by Crippen LogP contribution is -2.41. The summed E-state index contributed by atoms with van der Waals surface area (Å²) in [5.41, 5.74) is 2.08. The molecule has 0 spiro atoms. The zero-order valence-electron chi connectivity index (χ0n) is 24.6. The molecule has 0 heterocycles. The van der Waals surface area contributed by atoms with Gasteiger partial charge in [-0.1, -0.05) is 43.0 Å². The summed E-state index contributed by atoms with van der Waals surface area (Å²) < 4.78 is 68.8. The maximum Gasteiger partial charge on any atom is 0.416 e. The number of amides is 1. The van der Waals surface area contributed by atoms with Gasteiger partial charge in [0, 0.05) is 37.3 Å². The van der Waals surface area contributed by atoms with Crippen molar-refractivity contribution in [3.63, 3.8) is 0 Å². The van der Waals surface area contributed by atoms with Crippen molar-refractivity contribution in [2.75, 3.05) is 13.6 Å².